The molecule has 0 aliphatic heterocycles. The number of carbonyl (C=O) groups is 2. The summed E-state index contributed by atoms with van der Waals surface area (Å²) in [6.07, 6.45) is -0.828. The Labute approximate surface area is 154 Å². The van der Waals surface area contributed by atoms with Crippen LogP contribution in [0, 0.1) is 0 Å². The van der Waals surface area contributed by atoms with Crippen molar-refractivity contribution in [2.24, 2.45) is 0 Å². The molecule has 2 unspecified atom stereocenters. The summed E-state index contributed by atoms with van der Waals surface area (Å²) in [6, 6.07) is 18.0. The van der Waals surface area contributed by atoms with E-state index in [-0.39, 0.29) is 24.4 Å². The molecule has 0 saturated carbocycles. The normalized spacial score (nSPS) is 12.9. The molecule has 0 fully saturated rings. The quantitative estimate of drug-likeness (QED) is 0.734. The van der Waals surface area contributed by atoms with E-state index < -0.39 is 12.1 Å². The van der Waals surface area contributed by atoms with Gasteiger partial charge in [0.1, 0.15) is 5.75 Å². The molecule has 0 saturated heterocycles. The molecule has 2 aromatic rings. The molecular weight excluding hydrogens is 330 g/mol. The molecule has 1 N–H and O–H groups in total. The van der Waals surface area contributed by atoms with Crippen LogP contribution in [-0.4, -0.2) is 24.1 Å². The van der Waals surface area contributed by atoms with Crippen LogP contribution in [0.15, 0.2) is 60.7 Å². The molecule has 2 atom stereocenters. The summed E-state index contributed by atoms with van der Waals surface area (Å²) in [5, 5.41) is 2.89. The van der Waals surface area contributed by atoms with Crippen LogP contribution in [0.1, 0.15) is 38.8 Å². The van der Waals surface area contributed by atoms with Gasteiger partial charge in [-0.05, 0) is 38.5 Å². The molecule has 5 nitrogen and oxygen atoms in total. The van der Waals surface area contributed by atoms with Crippen molar-refractivity contribution in [3.05, 3.63) is 66.2 Å². The minimum Gasteiger partial charge on any atom is -0.481 e. The number of benzene rings is 2. The van der Waals surface area contributed by atoms with E-state index in [1.807, 2.05) is 48.5 Å². The summed E-state index contributed by atoms with van der Waals surface area (Å²) >= 11 is 0. The van der Waals surface area contributed by atoms with Gasteiger partial charge in [0, 0.05) is 0 Å². The minimum atomic E-state index is -0.690. The van der Waals surface area contributed by atoms with Gasteiger partial charge in [-0.3, -0.25) is 9.59 Å². The van der Waals surface area contributed by atoms with Gasteiger partial charge < -0.3 is 14.8 Å². The summed E-state index contributed by atoms with van der Waals surface area (Å²) in [4.78, 5) is 24.6. The molecule has 26 heavy (non-hydrogen) atoms. The highest BCUT2D eigenvalue weighted by molar-refractivity contribution is 5.82. The van der Waals surface area contributed by atoms with Gasteiger partial charge in [-0.25, -0.2) is 0 Å². The first-order valence-corrected chi connectivity index (χ1v) is 8.72. The number of hydrogen-bond donors (Lipinski definition) is 1. The van der Waals surface area contributed by atoms with Crippen molar-refractivity contribution in [1.82, 2.24) is 5.32 Å². The first-order chi connectivity index (χ1) is 12.5. The van der Waals surface area contributed by atoms with E-state index >= 15 is 0 Å². The van der Waals surface area contributed by atoms with Gasteiger partial charge in [-0.1, -0.05) is 48.5 Å². The Morgan fingerprint density at radius 3 is 2.08 bits per heavy atom. The van der Waals surface area contributed by atoms with E-state index in [4.69, 9.17) is 9.47 Å². The monoisotopic (exact) mass is 355 g/mol. The minimum absolute atomic E-state index is 0.0615. The van der Waals surface area contributed by atoms with Gasteiger partial charge in [0.15, 0.2) is 6.10 Å². The van der Waals surface area contributed by atoms with E-state index in [0.29, 0.717) is 5.75 Å². The van der Waals surface area contributed by atoms with Crippen LogP contribution in [-0.2, 0) is 14.3 Å². The van der Waals surface area contributed by atoms with Crippen LogP contribution >= 0.6 is 0 Å². The van der Waals surface area contributed by atoms with Crippen LogP contribution in [0.2, 0.25) is 0 Å². The van der Waals surface area contributed by atoms with Crippen molar-refractivity contribution in [3.8, 4) is 5.75 Å². The Hall–Kier alpha value is -2.82. The van der Waals surface area contributed by atoms with E-state index in [2.05, 4.69) is 5.32 Å². The Morgan fingerprint density at radius 1 is 0.923 bits per heavy atom. The third-order valence-corrected chi connectivity index (χ3v) is 3.68. The fourth-order valence-electron chi connectivity index (χ4n) is 2.46. The third kappa shape index (κ3) is 6.24. The number of amides is 1. The lowest BCUT2D eigenvalue weighted by molar-refractivity contribution is -0.148. The average molecular weight is 355 g/mol. The number of nitrogens with one attached hydrogen (secondary N) is 1. The molecule has 2 aromatic carbocycles. The molecule has 0 spiro atoms. The highest BCUT2D eigenvalue weighted by atomic mass is 16.5. The molecule has 1 amide bonds. The predicted octanol–water partition coefficient (Wildman–Crippen LogP) is 3.65. The molecule has 0 bridgehead atoms. The van der Waals surface area contributed by atoms with Crippen molar-refractivity contribution in [2.45, 2.75) is 45.4 Å². The zero-order valence-electron chi connectivity index (χ0n) is 15.3. The van der Waals surface area contributed by atoms with Gasteiger partial charge in [-0.2, -0.15) is 0 Å². The van der Waals surface area contributed by atoms with Gasteiger partial charge >= 0.3 is 5.97 Å². The summed E-state index contributed by atoms with van der Waals surface area (Å²) < 4.78 is 10.9. The summed E-state index contributed by atoms with van der Waals surface area (Å²) in [7, 11) is 0. The van der Waals surface area contributed by atoms with Crippen molar-refractivity contribution in [2.75, 3.05) is 0 Å². The molecule has 0 aromatic heterocycles. The number of esters is 1. The summed E-state index contributed by atoms with van der Waals surface area (Å²) in [6.45, 7) is 5.27. The average Bonchev–Trinajstić information content (AvgIpc) is 2.62. The number of para-hydroxylation sites is 1. The van der Waals surface area contributed by atoms with Crippen LogP contribution in [0.3, 0.4) is 0 Å². The molecular formula is C21H25NO4. The molecule has 0 heterocycles. The Bertz CT molecular complexity index is 700. The smallest absolute Gasteiger partial charge is 0.308 e. The molecule has 138 valence electrons. The van der Waals surface area contributed by atoms with Crippen molar-refractivity contribution in [1.29, 1.82) is 0 Å². The van der Waals surface area contributed by atoms with Crippen molar-refractivity contribution in [3.63, 3.8) is 0 Å². The topological polar surface area (TPSA) is 64.6 Å². The van der Waals surface area contributed by atoms with E-state index in [1.165, 1.54) is 0 Å². The summed E-state index contributed by atoms with van der Waals surface area (Å²) in [5.41, 5.74) is 0.841. The maximum atomic E-state index is 12.5. The lowest BCUT2D eigenvalue weighted by atomic mass is 10.0. The van der Waals surface area contributed by atoms with Crippen LogP contribution in [0.25, 0.3) is 0 Å². The second-order valence-corrected chi connectivity index (χ2v) is 6.29. The van der Waals surface area contributed by atoms with Crippen LogP contribution in [0.5, 0.6) is 5.75 Å². The first kappa shape index (κ1) is 19.5. The lowest BCUT2D eigenvalue weighted by Crippen LogP contribution is -2.39. The first-order valence-electron chi connectivity index (χ1n) is 8.72. The third-order valence-electron chi connectivity index (χ3n) is 3.68. The largest absolute Gasteiger partial charge is 0.481 e. The summed E-state index contributed by atoms with van der Waals surface area (Å²) in [5.74, 6) is -0.0311. The Morgan fingerprint density at radius 2 is 1.50 bits per heavy atom. The van der Waals surface area contributed by atoms with Gasteiger partial charge in [0.2, 0.25) is 0 Å². The van der Waals surface area contributed by atoms with Crippen molar-refractivity contribution >= 4 is 11.9 Å². The molecule has 0 aliphatic carbocycles. The molecule has 0 aliphatic rings. The zero-order valence-corrected chi connectivity index (χ0v) is 15.3. The van der Waals surface area contributed by atoms with Crippen molar-refractivity contribution < 1.29 is 19.1 Å². The Kier molecular flexibility index (Phi) is 7.21. The van der Waals surface area contributed by atoms with Gasteiger partial charge in [0.05, 0.1) is 18.6 Å². The Balaban J connectivity index is 2.05. The van der Waals surface area contributed by atoms with E-state index in [1.54, 1.807) is 32.9 Å². The lowest BCUT2D eigenvalue weighted by Gasteiger charge is -2.22. The van der Waals surface area contributed by atoms with Gasteiger partial charge in [-0.15, -0.1) is 0 Å². The maximum Gasteiger partial charge on any atom is 0.308 e. The number of ether oxygens (including phenoxy) is 2. The number of carbonyl (C=O) groups excluding carboxylic acids is 2. The second-order valence-electron chi connectivity index (χ2n) is 6.29. The number of hydrogen-bond acceptors (Lipinski definition) is 4. The fraction of sp³-hybridized carbons (Fsp3) is 0.333. The highest BCUT2D eigenvalue weighted by Crippen LogP contribution is 2.19. The zero-order chi connectivity index (χ0) is 18.9. The molecule has 0 radical (unpaired) electrons. The van der Waals surface area contributed by atoms with E-state index in [0.717, 1.165) is 5.56 Å². The standard InChI is InChI=1S/C21H25NO4/c1-15(2)25-20(23)14-19(17-10-6-4-7-11-17)22-21(24)16(3)26-18-12-8-5-9-13-18/h4-13,15-16,19H,14H2,1-3H3,(H,22,24). The fourth-order valence-corrected chi connectivity index (χ4v) is 2.46. The van der Waals surface area contributed by atoms with Crippen LogP contribution in [0.4, 0.5) is 0 Å². The van der Waals surface area contributed by atoms with Crippen LogP contribution < -0.4 is 10.1 Å². The number of rotatable bonds is 8. The SMILES string of the molecule is CC(C)OC(=O)CC(NC(=O)C(C)Oc1ccccc1)c1ccccc1. The second kappa shape index (κ2) is 9.61. The molecule has 2 rings (SSSR count). The van der Waals surface area contributed by atoms with Gasteiger partial charge in [0.25, 0.3) is 5.91 Å². The van der Waals surface area contributed by atoms with E-state index in [9.17, 15) is 9.59 Å². The predicted molar refractivity (Wildman–Crippen MR) is 99.7 cm³/mol. The highest BCUT2D eigenvalue weighted by Gasteiger charge is 2.23. The maximum absolute atomic E-state index is 12.5. The molecule has 5 heteroatoms.